The van der Waals surface area contributed by atoms with Crippen LogP contribution in [0.3, 0.4) is 0 Å². The van der Waals surface area contributed by atoms with E-state index in [9.17, 15) is 0 Å². The van der Waals surface area contributed by atoms with E-state index < -0.39 is 0 Å². The molecule has 7 aromatic carbocycles. The maximum absolute atomic E-state index is 3.70. The Kier molecular flexibility index (Phi) is 5.87. The molecule has 1 unspecified atom stereocenters. The molecule has 2 aromatic heterocycles. The van der Waals surface area contributed by atoms with E-state index in [2.05, 4.69) is 178 Å². The van der Waals surface area contributed by atoms with E-state index in [4.69, 9.17) is 0 Å². The highest BCUT2D eigenvalue weighted by Crippen LogP contribution is 2.48. The normalized spacial score (nSPS) is 14.3. The average Bonchev–Trinajstić information content (AvgIpc) is 3.81. The fourth-order valence-electron chi connectivity index (χ4n) is 7.38. The molecule has 47 heavy (non-hydrogen) atoms. The molecule has 0 amide bonds. The summed E-state index contributed by atoms with van der Waals surface area (Å²) in [5.74, 6) is 0. The van der Waals surface area contributed by atoms with E-state index in [1.165, 1.54) is 76.6 Å². The van der Waals surface area contributed by atoms with E-state index in [0.29, 0.717) is 0 Å². The summed E-state index contributed by atoms with van der Waals surface area (Å²) in [6.07, 6.45) is 0. The zero-order chi connectivity index (χ0) is 30.9. The van der Waals surface area contributed by atoms with Crippen molar-refractivity contribution in [1.29, 1.82) is 0 Å². The van der Waals surface area contributed by atoms with Gasteiger partial charge in [-0.25, -0.2) is 0 Å². The van der Waals surface area contributed by atoms with Crippen LogP contribution in [0.4, 0.5) is 5.69 Å². The number of anilines is 1. The molecule has 0 saturated carbocycles. The van der Waals surface area contributed by atoms with Crippen LogP contribution in [0.2, 0.25) is 0 Å². The number of benzene rings is 7. The number of fused-ring (bicyclic) bond motifs is 7. The van der Waals surface area contributed by atoms with Crippen LogP contribution in [-0.2, 0) is 0 Å². The summed E-state index contributed by atoms with van der Waals surface area (Å²) in [5, 5.41) is 8.96. The zero-order valence-electron chi connectivity index (χ0n) is 25.5. The van der Waals surface area contributed by atoms with Crippen molar-refractivity contribution < 1.29 is 0 Å². The first-order valence-corrected chi connectivity index (χ1v) is 16.9. The van der Waals surface area contributed by atoms with Gasteiger partial charge in [-0.3, -0.25) is 0 Å². The van der Waals surface area contributed by atoms with Gasteiger partial charge >= 0.3 is 0 Å². The number of rotatable bonds is 4. The molecule has 1 aliphatic rings. The maximum atomic E-state index is 3.70. The molecule has 4 heteroatoms. The predicted molar refractivity (Wildman–Crippen MR) is 199 cm³/mol. The second-order valence-electron chi connectivity index (χ2n) is 12.2. The molecule has 3 nitrogen and oxygen atoms in total. The molecular formula is C43H29N3S. The van der Waals surface area contributed by atoms with E-state index >= 15 is 0 Å². The lowest BCUT2D eigenvalue weighted by molar-refractivity contribution is 1.13. The second kappa shape index (κ2) is 10.4. The Balaban J connectivity index is 1.15. The van der Waals surface area contributed by atoms with Gasteiger partial charge < -0.3 is 14.5 Å². The third kappa shape index (κ3) is 4.15. The minimum atomic E-state index is 0.232. The summed E-state index contributed by atoms with van der Waals surface area (Å²) in [7, 11) is 0. The van der Waals surface area contributed by atoms with Crippen molar-refractivity contribution in [3.05, 3.63) is 169 Å². The van der Waals surface area contributed by atoms with Crippen LogP contribution in [0.25, 0.3) is 66.1 Å². The number of aromatic nitrogens is 2. The summed E-state index contributed by atoms with van der Waals surface area (Å²) < 4.78 is 4.84. The summed E-state index contributed by atoms with van der Waals surface area (Å²) in [6.45, 7) is 0. The van der Waals surface area contributed by atoms with Crippen molar-refractivity contribution in [3.8, 4) is 22.5 Å². The van der Waals surface area contributed by atoms with Gasteiger partial charge in [-0.05, 0) is 77.4 Å². The standard InChI is InChI=1S/C43H29N3S/c1-3-12-28(13-4-1)43-44-37-23-22-30(25-42(37)47-43)29-14-11-17-32(24-29)46-39-21-10-8-19-34(39)36-26-40-35(27-41(36)46)33-18-7-9-20-38(33)45(40)31-15-5-2-6-16-31/h1-27,43-44H. The van der Waals surface area contributed by atoms with Crippen LogP contribution >= 0.6 is 11.8 Å². The molecule has 1 N–H and O–H groups in total. The zero-order valence-corrected chi connectivity index (χ0v) is 26.3. The molecule has 222 valence electrons. The van der Waals surface area contributed by atoms with Crippen LogP contribution in [0.5, 0.6) is 0 Å². The largest absolute Gasteiger partial charge is 0.368 e. The summed E-state index contributed by atoms with van der Waals surface area (Å²) >= 11 is 1.89. The number of thioether (sulfide) groups is 1. The molecule has 3 heterocycles. The topological polar surface area (TPSA) is 21.9 Å². The van der Waals surface area contributed by atoms with E-state index in [1.54, 1.807) is 0 Å². The van der Waals surface area contributed by atoms with Gasteiger partial charge in [-0.1, -0.05) is 115 Å². The third-order valence-corrected chi connectivity index (χ3v) is 10.8. The van der Waals surface area contributed by atoms with E-state index in [1.807, 2.05) is 11.8 Å². The molecule has 1 atom stereocenters. The molecule has 0 aliphatic carbocycles. The first-order valence-electron chi connectivity index (χ1n) is 16.0. The molecule has 9 aromatic rings. The van der Waals surface area contributed by atoms with Gasteiger partial charge in [0.05, 0.1) is 22.1 Å². The van der Waals surface area contributed by atoms with Crippen LogP contribution in [0.1, 0.15) is 10.9 Å². The van der Waals surface area contributed by atoms with Crippen molar-refractivity contribution in [1.82, 2.24) is 9.13 Å². The Labute approximate surface area is 276 Å². The molecule has 0 spiro atoms. The number of hydrogen-bond donors (Lipinski definition) is 1. The van der Waals surface area contributed by atoms with Crippen molar-refractivity contribution in [2.45, 2.75) is 10.3 Å². The lowest BCUT2D eigenvalue weighted by Crippen LogP contribution is -2.00. The fraction of sp³-hybridized carbons (Fsp3) is 0.0233. The lowest BCUT2D eigenvalue weighted by Gasteiger charge is -2.11. The van der Waals surface area contributed by atoms with Gasteiger partial charge in [0.1, 0.15) is 5.37 Å². The first kappa shape index (κ1) is 26.5. The predicted octanol–water partition coefficient (Wildman–Crippen LogP) is 11.8. The van der Waals surface area contributed by atoms with Crippen LogP contribution < -0.4 is 5.32 Å². The van der Waals surface area contributed by atoms with Gasteiger partial charge in [-0.15, -0.1) is 0 Å². The molecule has 10 rings (SSSR count). The highest BCUT2D eigenvalue weighted by molar-refractivity contribution is 8.00. The molecule has 0 saturated heterocycles. The smallest absolute Gasteiger partial charge is 0.103 e. The SMILES string of the molecule is c1ccc(C2Nc3ccc(-c4cccc(-n5c6ccccc6c6cc7c(cc65)c5ccccc5n7-c5ccccc5)c4)cc3S2)cc1. The van der Waals surface area contributed by atoms with Gasteiger partial charge in [0.15, 0.2) is 0 Å². The van der Waals surface area contributed by atoms with Gasteiger partial charge in [-0.2, -0.15) is 0 Å². The minimum Gasteiger partial charge on any atom is -0.368 e. The van der Waals surface area contributed by atoms with Crippen molar-refractivity contribution in [2.75, 3.05) is 5.32 Å². The lowest BCUT2D eigenvalue weighted by atomic mass is 10.0. The minimum absolute atomic E-state index is 0.232. The first-order chi connectivity index (χ1) is 23.3. The third-order valence-electron chi connectivity index (χ3n) is 9.53. The maximum Gasteiger partial charge on any atom is 0.103 e. The quantitative estimate of drug-likeness (QED) is 0.212. The van der Waals surface area contributed by atoms with Crippen LogP contribution in [-0.4, -0.2) is 9.13 Å². The molecule has 0 bridgehead atoms. The highest BCUT2D eigenvalue weighted by atomic mass is 32.2. The molecule has 1 aliphatic heterocycles. The highest BCUT2D eigenvalue weighted by Gasteiger charge is 2.23. The number of hydrogen-bond acceptors (Lipinski definition) is 2. The Morgan fingerprint density at radius 2 is 1.00 bits per heavy atom. The van der Waals surface area contributed by atoms with Crippen molar-refractivity contribution >= 4 is 61.1 Å². The Hall–Kier alpha value is -5.71. The van der Waals surface area contributed by atoms with Crippen LogP contribution in [0.15, 0.2) is 169 Å². The van der Waals surface area contributed by atoms with Crippen LogP contribution in [0, 0.1) is 0 Å². The summed E-state index contributed by atoms with van der Waals surface area (Å²) in [5.41, 5.74) is 12.1. The molecule has 0 radical (unpaired) electrons. The monoisotopic (exact) mass is 619 g/mol. The summed E-state index contributed by atoms with van der Waals surface area (Å²) in [6, 6.07) is 59.6. The van der Waals surface area contributed by atoms with Gasteiger partial charge in [0.25, 0.3) is 0 Å². The Bertz CT molecular complexity index is 2630. The van der Waals surface area contributed by atoms with Gasteiger partial charge in [0.2, 0.25) is 0 Å². The second-order valence-corrected chi connectivity index (χ2v) is 13.4. The average molecular weight is 620 g/mol. The summed E-state index contributed by atoms with van der Waals surface area (Å²) in [4.78, 5) is 1.29. The van der Waals surface area contributed by atoms with Crippen molar-refractivity contribution in [2.24, 2.45) is 0 Å². The molecule has 0 fully saturated rings. The number of nitrogens with zero attached hydrogens (tertiary/aromatic N) is 2. The van der Waals surface area contributed by atoms with E-state index in [0.717, 1.165) is 5.69 Å². The number of nitrogens with one attached hydrogen (secondary N) is 1. The fourth-order valence-corrected chi connectivity index (χ4v) is 8.57. The molecular weight excluding hydrogens is 591 g/mol. The Morgan fingerprint density at radius 1 is 0.426 bits per heavy atom. The number of para-hydroxylation sites is 3. The van der Waals surface area contributed by atoms with E-state index in [-0.39, 0.29) is 5.37 Å². The van der Waals surface area contributed by atoms with Gasteiger partial charge in [0, 0.05) is 43.5 Å². The van der Waals surface area contributed by atoms with Crippen molar-refractivity contribution in [3.63, 3.8) is 0 Å². The Morgan fingerprint density at radius 3 is 1.70 bits per heavy atom.